The molecule has 1 N–H and O–H groups in total. The molecule has 0 radical (unpaired) electrons. The van der Waals surface area contributed by atoms with Crippen LogP contribution in [0, 0.1) is 12.8 Å². The van der Waals surface area contributed by atoms with Crippen molar-refractivity contribution < 1.29 is 14.3 Å². The lowest BCUT2D eigenvalue weighted by molar-refractivity contribution is -0.129. The number of nitrogens with zero attached hydrogens (tertiary/aromatic N) is 2. The predicted octanol–water partition coefficient (Wildman–Crippen LogP) is 2.55. The first-order valence-corrected chi connectivity index (χ1v) is 10.1. The smallest absolute Gasteiger partial charge is 0.349 e. The van der Waals surface area contributed by atoms with E-state index in [0.717, 1.165) is 24.2 Å². The molecule has 1 saturated carbocycles. The van der Waals surface area contributed by atoms with E-state index in [9.17, 15) is 14.4 Å². The van der Waals surface area contributed by atoms with Gasteiger partial charge in [-0.2, -0.15) is 0 Å². The van der Waals surface area contributed by atoms with Gasteiger partial charge in [0.1, 0.15) is 9.71 Å². The van der Waals surface area contributed by atoms with Crippen LogP contribution in [-0.4, -0.2) is 34.1 Å². The molecule has 1 atom stereocenters. The number of hydrogen-bond acceptors (Lipinski definition) is 6. The molecular weight excluding hydrogens is 366 g/mol. The zero-order valence-electron chi connectivity index (χ0n) is 15.9. The average Bonchev–Trinajstić information content (AvgIpc) is 3.01. The molecule has 0 aliphatic heterocycles. The van der Waals surface area contributed by atoms with Crippen LogP contribution in [-0.2, 0) is 16.6 Å². The van der Waals surface area contributed by atoms with Crippen LogP contribution < -0.4 is 10.9 Å². The van der Waals surface area contributed by atoms with Gasteiger partial charge >= 0.3 is 5.97 Å². The molecule has 0 spiro atoms. The number of rotatable bonds is 5. The number of amides is 1. The molecule has 1 amide bonds. The van der Waals surface area contributed by atoms with E-state index in [1.165, 1.54) is 30.2 Å². The molecular formula is C19H25N3O4S. The van der Waals surface area contributed by atoms with Gasteiger partial charge in [0, 0.05) is 13.6 Å². The topological polar surface area (TPSA) is 90.3 Å². The number of aryl methyl sites for hydroxylation is 2. The number of fused-ring (bicyclic) bond motifs is 1. The molecule has 27 heavy (non-hydrogen) atoms. The molecule has 7 nitrogen and oxygen atoms in total. The zero-order chi connectivity index (χ0) is 19.6. The monoisotopic (exact) mass is 391 g/mol. The number of carbonyl (C=O) groups is 2. The molecule has 0 bridgehead atoms. The first-order chi connectivity index (χ1) is 12.9. The number of ether oxygens (including phenoxy) is 1. The van der Waals surface area contributed by atoms with Crippen molar-refractivity contribution in [2.24, 2.45) is 13.0 Å². The lowest BCUT2D eigenvalue weighted by atomic mass is 9.89. The summed E-state index contributed by atoms with van der Waals surface area (Å²) in [4.78, 5) is 42.1. The Balaban J connectivity index is 1.65. The molecule has 3 rings (SSSR count). The molecule has 1 aliphatic rings. The minimum atomic E-state index is -0.888. The summed E-state index contributed by atoms with van der Waals surface area (Å²) in [6, 6.07) is 0. The maximum Gasteiger partial charge on any atom is 0.349 e. The van der Waals surface area contributed by atoms with Crippen molar-refractivity contribution >= 4 is 33.4 Å². The second-order valence-electron chi connectivity index (χ2n) is 7.19. The summed E-state index contributed by atoms with van der Waals surface area (Å²) < 4.78 is 6.71. The van der Waals surface area contributed by atoms with Crippen molar-refractivity contribution in [3.05, 3.63) is 27.1 Å². The van der Waals surface area contributed by atoms with Gasteiger partial charge in [0.15, 0.2) is 6.10 Å². The SMILES string of the molecule is Cc1c(C(=O)OC(C)C(=O)NCC2CCCCC2)sc2ncn(C)c(=O)c12. The van der Waals surface area contributed by atoms with E-state index in [2.05, 4.69) is 10.3 Å². The van der Waals surface area contributed by atoms with Crippen LogP contribution in [0.4, 0.5) is 0 Å². The molecule has 1 unspecified atom stereocenters. The highest BCUT2D eigenvalue weighted by Gasteiger charge is 2.25. The third-order valence-electron chi connectivity index (χ3n) is 5.14. The molecule has 146 valence electrons. The van der Waals surface area contributed by atoms with Crippen molar-refractivity contribution in [2.75, 3.05) is 6.54 Å². The average molecular weight is 391 g/mol. The lowest BCUT2D eigenvalue weighted by Gasteiger charge is -2.22. The Morgan fingerprint density at radius 1 is 1.37 bits per heavy atom. The molecule has 0 aromatic carbocycles. The lowest BCUT2D eigenvalue weighted by Crippen LogP contribution is -2.38. The van der Waals surface area contributed by atoms with E-state index in [0.29, 0.717) is 33.1 Å². The number of carbonyl (C=O) groups excluding carboxylic acids is 2. The van der Waals surface area contributed by atoms with E-state index >= 15 is 0 Å². The van der Waals surface area contributed by atoms with Crippen molar-refractivity contribution in [3.8, 4) is 0 Å². The van der Waals surface area contributed by atoms with Crippen LogP contribution in [0.3, 0.4) is 0 Å². The molecule has 1 aliphatic carbocycles. The van der Waals surface area contributed by atoms with Crippen molar-refractivity contribution in [1.29, 1.82) is 0 Å². The largest absolute Gasteiger partial charge is 0.448 e. The van der Waals surface area contributed by atoms with Gasteiger partial charge < -0.3 is 14.6 Å². The summed E-state index contributed by atoms with van der Waals surface area (Å²) in [5.41, 5.74) is 0.342. The van der Waals surface area contributed by atoms with Crippen LogP contribution >= 0.6 is 11.3 Å². The Kier molecular flexibility index (Phi) is 5.94. The predicted molar refractivity (Wildman–Crippen MR) is 104 cm³/mol. The molecule has 2 aromatic rings. The Hall–Kier alpha value is -2.22. The highest BCUT2D eigenvalue weighted by atomic mass is 32.1. The molecule has 1 fully saturated rings. The standard InChI is InChI=1S/C19H25N3O4S/c1-11-14-17(21-10-22(3)18(14)24)27-15(11)19(25)26-12(2)16(23)20-9-13-7-5-4-6-8-13/h10,12-13H,4-9H2,1-3H3,(H,20,23). The third-order valence-corrected chi connectivity index (χ3v) is 6.32. The Morgan fingerprint density at radius 3 is 2.78 bits per heavy atom. The first kappa shape index (κ1) is 19.5. The van der Waals surface area contributed by atoms with Crippen molar-refractivity contribution in [1.82, 2.24) is 14.9 Å². The summed E-state index contributed by atoms with van der Waals surface area (Å²) in [6.45, 7) is 3.89. The van der Waals surface area contributed by atoms with Gasteiger partial charge in [-0.1, -0.05) is 19.3 Å². The summed E-state index contributed by atoms with van der Waals surface area (Å²) in [7, 11) is 1.61. The van der Waals surface area contributed by atoms with Gasteiger partial charge in [-0.3, -0.25) is 9.59 Å². The van der Waals surface area contributed by atoms with Crippen LogP contribution in [0.2, 0.25) is 0 Å². The normalized spacial score (nSPS) is 16.3. The fraction of sp³-hybridized carbons (Fsp3) is 0.579. The Morgan fingerprint density at radius 2 is 2.07 bits per heavy atom. The maximum absolute atomic E-state index is 12.5. The fourth-order valence-electron chi connectivity index (χ4n) is 3.45. The van der Waals surface area contributed by atoms with Gasteiger partial charge in [0.2, 0.25) is 0 Å². The second-order valence-corrected chi connectivity index (χ2v) is 8.19. The van der Waals surface area contributed by atoms with Gasteiger partial charge in [-0.15, -0.1) is 11.3 Å². The first-order valence-electron chi connectivity index (χ1n) is 9.32. The number of nitrogens with one attached hydrogen (secondary N) is 1. The molecule has 2 aromatic heterocycles. The van der Waals surface area contributed by atoms with Crippen molar-refractivity contribution in [3.63, 3.8) is 0 Å². The molecule has 0 saturated heterocycles. The highest BCUT2D eigenvalue weighted by molar-refractivity contribution is 7.20. The Bertz CT molecular complexity index is 912. The minimum Gasteiger partial charge on any atom is -0.448 e. The van der Waals surface area contributed by atoms with Crippen LogP contribution in [0.25, 0.3) is 10.2 Å². The third kappa shape index (κ3) is 4.21. The maximum atomic E-state index is 12.5. The number of aromatic nitrogens is 2. The van der Waals surface area contributed by atoms with Crippen LogP contribution in [0.1, 0.15) is 54.3 Å². The number of esters is 1. The Labute approximate surface area is 161 Å². The zero-order valence-corrected chi connectivity index (χ0v) is 16.7. The van der Waals surface area contributed by atoms with E-state index in [1.54, 1.807) is 20.9 Å². The van der Waals surface area contributed by atoms with Gasteiger partial charge in [-0.05, 0) is 38.2 Å². The summed E-state index contributed by atoms with van der Waals surface area (Å²) >= 11 is 1.11. The minimum absolute atomic E-state index is 0.203. The quantitative estimate of drug-likeness (QED) is 0.791. The van der Waals surface area contributed by atoms with Crippen LogP contribution in [0.15, 0.2) is 11.1 Å². The molecule has 2 heterocycles. The summed E-state index contributed by atoms with van der Waals surface area (Å²) in [5.74, 6) is -0.377. The summed E-state index contributed by atoms with van der Waals surface area (Å²) in [5, 5.41) is 3.31. The van der Waals surface area contributed by atoms with Gasteiger partial charge in [0.25, 0.3) is 11.5 Å². The van der Waals surface area contributed by atoms with Crippen molar-refractivity contribution in [2.45, 2.75) is 52.1 Å². The van der Waals surface area contributed by atoms with Gasteiger partial charge in [0.05, 0.1) is 11.7 Å². The van der Waals surface area contributed by atoms with E-state index in [-0.39, 0.29) is 11.5 Å². The van der Waals surface area contributed by atoms with E-state index in [1.807, 2.05) is 0 Å². The number of thiophene rings is 1. The van der Waals surface area contributed by atoms with Crippen LogP contribution in [0.5, 0.6) is 0 Å². The second kappa shape index (κ2) is 8.21. The van der Waals surface area contributed by atoms with E-state index < -0.39 is 12.1 Å². The highest BCUT2D eigenvalue weighted by Crippen LogP contribution is 2.27. The number of hydrogen-bond donors (Lipinski definition) is 1. The molecule has 8 heteroatoms. The fourth-order valence-corrected chi connectivity index (χ4v) is 4.47. The summed E-state index contributed by atoms with van der Waals surface area (Å²) in [6.07, 6.45) is 6.51. The van der Waals surface area contributed by atoms with Gasteiger partial charge in [-0.25, -0.2) is 9.78 Å². The van der Waals surface area contributed by atoms with E-state index in [4.69, 9.17) is 4.74 Å².